The second-order valence-electron chi connectivity index (χ2n) is 3.39. The summed E-state index contributed by atoms with van der Waals surface area (Å²) in [5.41, 5.74) is 0.865. The third kappa shape index (κ3) is 4.07. The van der Waals surface area contributed by atoms with E-state index in [2.05, 4.69) is 4.36 Å². The molecule has 0 aromatic heterocycles. The molecule has 0 aliphatic heterocycles. The second-order valence-corrected chi connectivity index (χ2v) is 6.01. The Morgan fingerprint density at radius 3 is 2.27 bits per heavy atom. The topological polar surface area (TPSA) is 72.6 Å². The summed E-state index contributed by atoms with van der Waals surface area (Å²) >= 11 is 0. The van der Waals surface area contributed by atoms with Crippen molar-refractivity contribution in [3.8, 4) is 0 Å². The lowest BCUT2D eigenvalue weighted by atomic mass is 10.2. The molecule has 6 heteroatoms. The number of nitro groups is 1. The molecular weight excluding hydrogens is 216 g/mol. The highest BCUT2D eigenvalue weighted by Gasteiger charge is 2.03. The highest BCUT2D eigenvalue weighted by molar-refractivity contribution is 7.92. The fourth-order valence-electron chi connectivity index (χ4n) is 0.953. The van der Waals surface area contributed by atoms with Crippen molar-refractivity contribution >= 4 is 15.4 Å². The van der Waals surface area contributed by atoms with Gasteiger partial charge in [-0.15, -0.1) is 0 Å². The van der Waals surface area contributed by atoms with Crippen LogP contribution in [0.25, 0.3) is 0 Å². The monoisotopic (exact) mass is 228 g/mol. The SMILES string of the molecule is CS(C)(=O)=NCc1ccc([N+](=O)[O-])cc1. The average Bonchev–Trinajstić information content (AvgIpc) is 2.14. The van der Waals surface area contributed by atoms with Gasteiger partial charge in [0.2, 0.25) is 0 Å². The number of benzene rings is 1. The molecule has 0 unspecified atom stereocenters. The van der Waals surface area contributed by atoms with Crippen molar-refractivity contribution in [1.82, 2.24) is 0 Å². The second kappa shape index (κ2) is 4.39. The predicted molar refractivity (Wildman–Crippen MR) is 59.2 cm³/mol. The van der Waals surface area contributed by atoms with Gasteiger partial charge in [0.05, 0.1) is 11.5 Å². The molecule has 0 atom stereocenters. The Bertz CT molecular complexity index is 465. The van der Waals surface area contributed by atoms with Crippen LogP contribution in [0.4, 0.5) is 5.69 Å². The molecule has 0 saturated heterocycles. The van der Waals surface area contributed by atoms with Gasteiger partial charge in [-0.25, -0.2) is 4.36 Å². The number of hydrogen-bond acceptors (Lipinski definition) is 4. The van der Waals surface area contributed by atoms with Crippen LogP contribution in [-0.2, 0) is 16.3 Å². The lowest BCUT2D eigenvalue weighted by Gasteiger charge is -1.97. The Morgan fingerprint density at radius 1 is 1.33 bits per heavy atom. The van der Waals surface area contributed by atoms with Crippen LogP contribution in [0.2, 0.25) is 0 Å². The molecule has 15 heavy (non-hydrogen) atoms. The number of nitro benzene ring substituents is 1. The molecule has 5 nitrogen and oxygen atoms in total. The maximum atomic E-state index is 11.3. The van der Waals surface area contributed by atoms with E-state index >= 15 is 0 Å². The quantitative estimate of drug-likeness (QED) is 0.585. The van der Waals surface area contributed by atoms with Gasteiger partial charge in [0.1, 0.15) is 0 Å². The Morgan fingerprint density at radius 2 is 1.87 bits per heavy atom. The molecule has 0 aliphatic rings. The largest absolute Gasteiger partial charge is 0.269 e. The van der Waals surface area contributed by atoms with E-state index in [-0.39, 0.29) is 5.69 Å². The summed E-state index contributed by atoms with van der Waals surface area (Å²) in [6, 6.07) is 6.07. The third-order valence-electron chi connectivity index (χ3n) is 1.71. The molecule has 0 radical (unpaired) electrons. The predicted octanol–water partition coefficient (Wildman–Crippen LogP) is 1.82. The molecule has 0 bridgehead atoms. The highest BCUT2D eigenvalue weighted by atomic mass is 32.2. The molecule has 82 valence electrons. The van der Waals surface area contributed by atoms with Crippen LogP contribution in [0, 0.1) is 10.1 Å². The molecule has 0 heterocycles. The summed E-state index contributed by atoms with van der Waals surface area (Å²) in [6.07, 6.45) is 3.11. The van der Waals surface area contributed by atoms with Crippen molar-refractivity contribution in [2.75, 3.05) is 12.5 Å². The van der Waals surface area contributed by atoms with E-state index in [1.165, 1.54) is 12.1 Å². The van der Waals surface area contributed by atoms with Gasteiger partial charge in [0, 0.05) is 34.4 Å². The van der Waals surface area contributed by atoms with E-state index in [1.54, 1.807) is 24.6 Å². The zero-order chi connectivity index (χ0) is 11.5. The summed E-state index contributed by atoms with van der Waals surface area (Å²) in [7, 11) is -2.11. The lowest BCUT2D eigenvalue weighted by Crippen LogP contribution is -1.93. The zero-order valence-electron chi connectivity index (χ0n) is 8.54. The Kier molecular flexibility index (Phi) is 3.41. The Balaban J connectivity index is 2.83. The fraction of sp³-hybridized carbons (Fsp3) is 0.333. The van der Waals surface area contributed by atoms with Crippen LogP contribution < -0.4 is 0 Å². The molecule has 0 aliphatic carbocycles. The van der Waals surface area contributed by atoms with Crippen LogP contribution in [0.1, 0.15) is 5.56 Å². The smallest absolute Gasteiger partial charge is 0.258 e. The molecule has 0 fully saturated rings. The Hall–Kier alpha value is -1.43. The van der Waals surface area contributed by atoms with Crippen molar-refractivity contribution in [3.05, 3.63) is 39.9 Å². The zero-order valence-corrected chi connectivity index (χ0v) is 9.36. The maximum absolute atomic E-state index is 11.3. The fourth-order valence-corrected chi connectivity index (χ4v) is 1.41. The molecule has 0 saturated carbocycles. The number of hydrogen-bond donors (Lipinski definition) is 0. The van der Waals surface area contributed by atoms with Crippen LogP contribution in [0.5, 0.6) is 0 Å². The first kappa shape index (κ1) is 11.6. The van der Waals surface area contributed by atoms with Crippen molar-refractivity contribution in [3.63, 3.8) is 0 Å². The highest BCUT2D eigenvalue weighted by Crippen LogP contribution is 2.12. The number of non-ortho nitro benzene ring substituents is 1. The molecule has 1 aromatic rings. The van der Waals surface area contributed by atoms with Crippen LogP contribution >= 0.6 is 0 Å². The van der Waals surface area contributed by atoms with E-state index in [1.807, 2.05) is 0 Å². The maximum Gasteiger partial charge on any atom is 0.269 e. The van der Waals surface area contributed by atoms with Crippen molar-refractivity contribution in [2.24, 2.45) is 4.36 Å². The van der Waals surface area contributed by atoms with Gasteiger partial charge >= 0.3 is 0 Å². The minimum atomic E-state index is -2.11. The number of rotatable bonds is 3. The van der Waals surface area contributed by atoms with Crippen molar-refractivity contribution in [2.45, 2.75) is 6.54 Å². The molecule has 0 N–H and O–H groups in total. The van der Waals surface area contributed by atoms with Crippen molar-refractivity contribution < 1.29 is 9.13 Å². The summed E-state index contributed by atoms with van der Waals surface area (Å²) in [5.74, 6) is 0. The molecule has 1 rings (SSSR count). The third-order valence-corrected chi connectivity index (χ3v) is 2.46. The van der Waals surface area contributed by atoms with E-state index in [4.69, 9.17) is 0 Å². The summed E-state index contributed by atoms with van der Waals surface area (Å²) in [5, 5.41) is 10.4. The summed E-state index contributed by atoms with van der Waals surface area (Å²) < 4.78 is 15.2. The van der Waals surface area contributed by atoms with E-state index < -0.39 is 14.7 Å². The van der Waals surface area contributed by atoms with Gasteiger partial charge in [-0.2, -0.15) is 0 Å². The first-order valence-electron chi connectivity index (χ1n) is 4.25. The van der Waals surface area contributed by atoms with Gasteiger partial charge in [0.25, 0.3) is 5.69 Å². The van der Waals surface area contributed by atoms with E-state index in [0.717, 1.165) is 5.56 Å². The molecule has 0 amide bonds. The van der Waals surface area contributed by atoms with Crippen LogP contribution in [0.3, 0.4) is 0 Å². The minimum absolute atomic E-state index is 0.0486. The van der Waals surface area contributed by atoms with Gasteiger partial charge in [-0.1, -0.05) is 12.1 Å². The molecule has 1 aromatic carbocycles. The standard InChI is InChI=1S/C9H12N2O3S/c1-15(2,14)10-7-8-3-5-9(6-4-8)11(12)13/h3-6H,7H2,1-2H3. The normalized spacial score (nSPS) is 11.1. The first-order chi connectivity index (χ1) is 6.88. The summed E-state index contributed by atoms with van der Waals surface area (Å²) in [6.45, 7) is 0.323. The first-order valence-corrected chi connectivity index (χ1v) is 6.58. The molecular formula is C9H12N2O3S. The number of nitrogens with zero attached hydrogens (tertiary/aromatic N) is 2. The van der Waals surface area contributed by atoms with Gasteiger partial charge in [-0.05, 0) is 5.56 Å². The minimum Gasteiger partial charge on any atom is -0.258 e. The van der Waals surface area contributed by atoms with E-state index in [0.29, 0.717) is 6.54 Å². The summed E-state index contributed by atoms with van der Waals surface area (Å²) in [4.78, 5) is 9.91. The van der Waals surface area contributed by atoms with E-state index in [9.17, 15) is 14.3 Å². The van der Waals surface area contributed by atoms with Crippen molar-refractivity contribution in [1.29, 1.82) is 0 Å². The van der Waals surface area contributed by atoms with Gasteiger partial charge < -0.3 is 0 Å². The van der Waals surface area contributed by atoms with Gasteiger partial charge in [-0.3, -0.25) is 14.3 Å². The lowest BCUT2D eigenvalue weighted by molar-refractivity contribution is -0.384. The van der Waals surface area contributed by atoms with Crippen LogP contribution in [0.15, 0.2) is 28.6 Å². The molecule has 0 spiro atoms. The Labute approximate surface area is 88.5 Å². The van der Waals surface area contributed by atoms with Gasteiger partial charge in [0.15, 0.2) is 0 Å². The average molecular weight is 228 g/mol. The van der Waals surface area contributed by atoms with Crippen LogP contribution in [-0.4, -0.2) is 21.6 Å².